The predicted octanol–water partition coefficient (Wildman–Crippen LogP) is 14.2. The van der Waals surface area contributed by atoms with Crippen molar-refractivity contribution in [2.75, 3.05) is 52.9 Å². The van der Waals surface area contributed by atoms with Crippen LogP contribution in [0.15, 0.2) is 0 Å². The van der Waals surface area contributed by atoms with Crippen LogP contribution in [0.25, 0.3) is 0 Å². The number of rotatable bonds is 20. The molecule has 16 rings (SSSR count). The van der Waals surface area contributed by atoms with Gasteiger partial charge in [-0.3, -0.25) is 19.2 Å². The molecule has 18 heteroatoms. The van der Waals surface area contributed by atoms with Gasteiger partial charge in [-0.15, -0.1) is 0 Å². The third-order valence-electron chi connectivity index (χ3n) is 27.0. The van der Waals surface area contributed by atoms with Gasteiger partial charge in [-0.05, 0) is 263 Å². The Labute approximate surface area is 520 Å². The van der Waals surface area contributed by atoms with Gasteiger partial charge in [-0.1, -0.05) is 41.5 Å². The van der Waals surface area contributed by atoms with Gasteiger partial charge < -0.3 is 39.4 Å². The molecule has 12 nitrogen and oxygen atoms in total. The molecule has 0 aromatic rings. The molecule has 16 fully saturated rings. The molecule has 0 heterocycles. The minimum absolute atomic E-state index is 0.00992. The highest BCUT2D eigenvalue weighted by Crippen LogP contribution is 2.68. The molecule has 0 radical (unpaired) electrons. The molecule has 0 aliphatic heterocycles. The van der Waals surface area contributed by atoms with Crippen molar-refractivity contribution in [2.45, 2.75) is 235 Å². The fourth-order valence-corrected chi connectivity index (χ4v) is 22.0. The third kappa shape index (κ3) is 13.4. The highest BCUT2D eigenvalue weighted by molar-refractivity contribution is 5.78. The second-order valence-corrected chi connectivity index (χ2v) is 33.0. The van der Waals surface area contributed by atoms with Gasteiger partial charge in [0.2, 0.25) is 0 Å². The number of aliphatic hydroxyl groups is 4. The summed E-state index contributed by atoms with van der Waals surface area (Å²) in [5.74, 6) is 4.82. The summed E-state index contributed by atoms with van der Waals surface area (Å²) in [6.45, 7) is 14.0. The number of hydrogen-bond donors (Lipinski definition) is 4. The van der Waals surface area contributed by atoms with Crippen molar-refractivity contribution in [2.24, 2.45) is 126 Å². The Bertz CT molecular complexity index is 2360. The van der Waals surface area contributed by atoms with Crippen LogP contribution >= 0.6 is 0 Å². The Morgan fingerprint density at radius 2 is 0.659 bits per heavy atom. The lowest BCUT2D eigenvalue weighted by Crippen LogP contribution is -2.57. The average Bonchev–Trinajstić information content (AvgIpc) is 0.944. The Hall–Kier alpha value is -2.70. The fourth-order valence-electron chi connectivity index (χ4n) is 22.0. The van der Waals surface area contributed by atoms with Gasteiger partial charge in [0.1, 0.15) is 0 Å². The molecule has 0 saturated heterocycles. The van der Waals surface area contributed by atoms with Crippen molar-refractivity contribution >= 4 is 23.9 Å². The van der Waals surface area contributed by atoms with Gasteiger partial charge in [0.15, 0.2) is 10.8 Å². The molecule has 8 atom stereocenters. The Balaban J connectivity index is 0.000000140. The van der Waals surface area contributed by atoms with Crippen LogP contribution in [0, 0.1) is 126 Å². The second kappa shape index (κ2) is 26.2. The first-order valence-corrected chi connectivity index (χ1v) is 34.6. The number of esters is 4. The lowest BCUT2D eigenvalue weighted by Gasteiger charge is -2.61. The Kier molecular flexibility index (Phi) is 20.8. The lowest BCUT2D eigenvalue weighted by molar-refractivity contribution is -0.237. The highest BCUT2D eigenvalue weighted by atomic mass is 19.4. The summed E-state index contributed by atoms with van der Waals surface area (Å²) in [6.07, 6.45) is 16.4. The minimum atomic E-state index is -4.63. The highest BCUT2D eigenvalue weighted by Gasteiger charge is 2.64. The molecular weight excluding hydrogens is 1150 g/mol. The van der Waals surface area contributed by atoms with Gasteiger partial charge in [0.25, 0.3) is 0 Å². The number of carbonyl (C=O) groups excluding carboxylic acids is 4. The maximum absolute atomic E-state index is 13.2. The average molecular weight is 1260 g/mol. The number of halogens is 6. The Morgan fingerprint density at radius 1 is 0.398 bits per heavy atom. The van der Waals surface area contributed by atoms with E-state index in [9.17, 15) is 65.9 Å². The van der Waals surface area contributed by atoms with Crippen molar-refractivity contribution in [3.05, 3.63) is 0 Å². The molecular formula is C70H110F6O12. The van der Waals surface area contributed by atoms with Crippen LogP contribution in [0.1, 0.15) is 222 Å². The molecule has 0 aromatic carbocycles. The summed E-state index contributed by atoms with van der Waals surface area (Å²) < 4.78 is 101. The summed E-state index contributed by atoms with van der Waals surface area (Å²) in [4.78, 5) is 48.3. The van der Waals surface area contributed by atoms with E-state index in [1.165, 1.54) is 84.5 Å². The molecule has 504 valence electrons. The fraction of sp³-hybridized carbons (Fsp3) is 0.943. The van der Waals surface area contributed by atoms with E-state index in [0.717, 1.165) is 121 Å². The molecule has 16 saturated carbocycles. The van der Waals surface area contributed by atoms with Crippen LogP contribution in [-0.2, 0) is 38.1 Å². The van der Waals surface area contributed by atoms with Crippen LogP contribution in [0.5, 0.6) is 0 Å². The normalized spacial score (nSPS) is 41.8. The first kappa shape index (κ1) is 69.6. The van der Waals surface area contributed by atoms with Crippen molar-refractivity contribution in [3.63, 3.8) is 0 Å². The minimum Gasteiger partial charge on any atom is -0.465 e. The molecule has 8 unspecified atom stereocenters. The van der Waals surface area contributed by atoms with E-state index >= 15 is 0 Å². The zero-order valence-electron chi connectivity index (χ0n) is 54.4. The van der Waals surface area contributed by atoms with E-state index in [4.69, 9.17) is 18.9 Å². The standard InChI is InChI=1S/2C18H27F3O3.2C17H28O3/c1-3-15(2,18(19,20)21)14(23)24-11-17-7-12-4-13(8-17)6-16(5-12,9-17)10-22;1-3-16(2,18(19,20)21)15(23)24-10-17(9-22)13-5-11-4-12(7-13)8-14(17)6-11;1-3-12(2)15(19)20-11-17-7-13-4-14(8-17)6-16(5-13,9-17)10-18;1-3-11(2)16(19)20-10-17(9-18)14-5-12-4-13(7-14)8-15(17)6-12/h12-13,22H,3-11H2,1-2H3;11-14,22H,3-10H2,1-2H3;12-14,18H,3-11H2,1-2H3;11-15,18H,3-10H2,1-2H3. The number of carbonyl (C=O) groups is 4. The molecule has 88 heavy (non-hydrogen) atoms. The van der Waals surface area contributed by atoms with Gasteiger partial charge in [-0.2, -0.15) is 26.3 Å². The van der Waals surface area contributed by atoms with Crippen molar-refractivity contribution < 1.29 is 84.9 Å². The van der Waals surface area contributed by atoms with Gasteiger partial charge in [0, 0.05) is 34.9 Å². The smallest absolute Gasteiger partial charge is 0.404 e. The van der Waals surface area contributed by atoms with E-state index in [1.54, 1.807) is 0 Å². The van der Waals surface area contributed by atoms with Crippen LogP contribution in [0.3, 0.4) is 0 Å². The lowest BCUT2D eigenvalue weighted by atomic mass is 9.44. The largest absolute Gasteiger partial charge is 0.465 e. The zero-order chi connectivity index (χ0) is 64.3. The van der Waals surface area contributed by atoms with Crippen LogP contribution in [-0.4, -0.2) is 110 Å². The maximum atomic E-state index is 13.2. The molecule has 16 bridgehead atoms. The van der Waals surface area contributed by atoms with E-state index in [1.807, 2.05) is 27.7 Å². The summed E-state index contributed by atoms with van der Waals surface area (Å²) in [5, 5.41) is 39.8. The number of aliphatic hydroxyl groups excluding tert-OH is 4. The topological polar surface area (TPSA) is 186 Å². The predicted molar refractivity (Wildman–Crippen MR) is 318 cm³/mol. The van der Waals surface area contributed by atoms with Gasteiger partial charge in [0.05, 0.1) is 51.5 Å². The zero-order valence-corrected chi connectivity index (χ0v) is 54.4. The van der Waals surface area contributed by atoms with E-state index in [0.29, 0.717) is 55.3 Å². The van der Waals surface area contributed by atoms with Crippen LogP contribution in [0.2, 0.25) is 0 Å². The third-order valence-corrected chi connectivity index (χ3v) is 27.0. The van der Waals surface area contributed by atoms with Gasteiger partial charge >= 0.3 is 36.2 Å². The summed E-state index contributed by atoms with van der Waals surface area (Å²) in [6, 6.07) is 0. The summed E-state index contributed by atoms with van der Waals surface area (Å²) >= 11 is 0. The first-order chi connectivity index (χ1) is 41.3. The second-order valence-electron chi connectivity index (χ2n) is 33.0. The Morgan fingerprint density at radius 3 is 0.932 bits per heavy atom. The number of ether oxygens (including phenoxy) is 4. The van der Waals surface area contributed by atoms with Gasteiger partial charge in [-0.25, -0.2) is 0 Å². The quantitative estimate of drug-likeness (QED) is 0.0514. The van der Waals surface area contributed by atoms with Crippen LogP contribution < -0.4 is 0 Å². The van der Waals surface area contributed by atoms with E-state index < -0.39 is 40.5 Å². The molecule has 16 aliphatic carbocycles. The number of alkyl halides is 6. The monoisotopic (exact) mass is 1260 g/mol. The molecule has 0 spiro atoms. The SMILES string of the molecule is CCC(C)(C(=O)OCC1(CO)C2CC3CC(C2)CC1C3)C(F)(F)F.CCC(C)(C(=O)OCC12CC3CC(CC(CO)(C3)C1)C2)C(F)(F)F.CCC(C)C(=O)OCC1(CO)C2CC3CC(C2)CC1C3.CCC(C)C(=O)OCC12CC3CC(CC(CO)(C3)C1)C2. The molecule has 0 amide bonds. The summed E-state index contributed by atoms with van der Waals surface area (Å²) in [5.41, 5.74) is -5.60. The molecule has 4 N–H and O–H groups in total. The molecule has 0 aromatic heterocycles. The van der Waals surface area contributed by atoms with E-state index in [2.05, 4.69) is 0 Å². The first-order valence-electron chi connectivity index (χ1n) is 34.6. The van der Waals surface area contributed by atoms with E-state index in [-0.39, 0.29) is 109 Å². The van der Waals surface area contributed by atoms with Crippen LogP contribution in [0.4, 0.5) is 26.3 Å². The van der Waals surface area contributed by atoms with Crippen molar-refractivity contribution in [3.8, 4) is 0 Å². The van der Waals surface area contributed by atoms with Crippen molar-refractivity contribution in [1.82, 2.24) is 0 Å². The molecule has 16 aliphatic rings. The van der Waals surface area contributed by atoms with Crippen molar-refractivity contribution in [1.29, 1.82) is 0 Å². The summed E-state index contributed by atoms with van der Waals surface area (Å²) in [7, 11) is 0. The number of hydrogen-bond acceptors (Lipinski definition) is 12. The maximum Gasteiger partial charge on any atom is 0.404 e.